The highest BCUT2D eigenvalue weighted by Gasteiger charge is 2.44. The standard InChI is InChI=1S/C17H23F3N2O4S/c1-2-3-27-17-16(25)14(15(24)12(7-23)26-17)22-6-11(21)8-4-9(18)13(20)10(19)5-8/h4-6,12,14-17,22-25H,2-3,7,21H2,1H3/b11-6-. The summed E-state index contributed by atoms with van der Waals surface area (Å²) in [6, 6.07) is 0.525. The van der Waals surface area contributed by atoms with Gasteiger partial charge < -0.3 is 31.1 Å². The van der Waals surface area contributed by atoms with Gasteiger partial charge in [-0.15, -0.1) is 11.8 Å². The molecule has 0 aliphatic carbocycles. The number of halogens is 3. The predicted octanol–water partition coefficient (Wildman–Crippen LogP) is 0.901. The summed E-state index contributed by atoms with van der Waals surface area (Å²) in [6.07, 6.45) is -1.31. The molecule has 1 aliphatic rings. The number of aliphatic hydroxyl groups excluding tert-OH is 3. The van der Waals surface area contributed by atoms with E-state index in [4.69, 9.17) is 10.5 Å². The predicted molar refractivity (Wildman–Crippen MR) is 95.9 cm³/mol. The number of nitrogens with two attached hydrogens (primary N) is 1. The van der Waals surface area contributed by atoms with Gasteiger partial charge in [0.15, 0.2) is 17.5 Å². The minimum absolute atomic E-state index is 0.106. The molecule has 5 unspecified atom stereocenters. The fraction of sp³-hybridized carbons (Fsp3) is 0.529. The zero-order valence-corrected chi connectivity index (χ0v) is 15.4. The SMILES string of the molecule is CCCSC1OC(CO)C(O)C(N/C=C(\N)c2cc(F)c(F)c(F)c2)C1O. The van der Waals surface area contributed by atoms with Crippen molar-refractivity contribution in [3.8, 4) is 0 Å². The zero-order chi connectivity index (χ0) is 20.1. The molecule has 1 aromatic rings. The lowest BCUT2D eigenvalue weighted by molar-refractivity contribution is -0.164. The Hall–Kier alpha value is -1.46. The van der Waals surface area contributed by atoms with Gasteiger partial charge in [0.25, 0.3) is 0 Å². The van der Waals surface area contributed by atoms with Gasteiger partial charge in [-0.1, -0.05) is 6.92 Å². The van der Waals surface area contributed by atoms with E-state index in [0.29, 0.717) is 5.75 Å². The highest BCUT2D eigenvalue weighted by molar-refractivity contribution is 7.99. The van der Waals surface area contributed by atoms with Gasteiger partial charge in [0.1, 0.15) is 23.7 Å². The molecule has 0 amide bonds. The summed E-state index contributed by atoms with van der Waals surface area (Å²) in [5, 5.41) is 32.9. The molecule has 27 heavy (non-hydrogen) atoms. The molecule has 1 heterocycles. The lowest BCUT2D eigenvalue weighted by atomic mass is 9.97. The average Bonchev–Trinajstić information content (AvgIpc) is 2.64. The summed E-state index contributed by atoms with van der Waals surface area (Å²) >= 11 is 1.34. The number of hydrogen-bond acceptors (Lipinski definition) is 7. The van der Waals surface area contributed by atoms with Crippen LogP contribution in [-0.4, -0.2) is 57.5 Å². The van der Waals surface area contributed by atoms with Crippen LogP contribution in [0.5, 0.6) is 0 Å². The number of benzene rings is 1. The van der Waals surface area contributed by atoms with Crippen molar-refractivity contribution < 1.29 is 33.2 Å². The maximum atomic E-state index is 13.3. The summed E-state index contributed by atoms with van der Waals surface area (Å²) in [7, 11) is 0. The van der Waals surface area contributed by atoms with E-state index >= 15 is 0 Å². The Morgan fingerprint density at radius 2 is 1.89 bits per heavy atom. The Morgan fingerprint density at radius 3 is 2.44 bits per heavy atom. The third-order valence-electron chi connectivity index (χ3n) is 4.12. The van der Waals surface area contributed by atoms with Gasteiger partial charge in [0, 0.05) is 11.8 Å². The van der Waals surface area contributed by atoms with Gasteiger partial charge in [-0.05, 0) is 24.3 Å². The largest absolute Gasteiger partial charge is 0.397 e. The lowest BCUT2D eigenvalue weighted by Gasteiger charge is -2.42. The number of thioether (sulfide) groups is 1. The Morgan fingerprint density at radius 1 is 1.26 bits per heavy atom. The number of nitrogens with one attached hydrogen (secondary N) is 1. The third-order valence-corrected chi connectivity index (χ3v) is 5.48. The first kappa shape index (κ1) is 21.8. The van der Waals surface area contributed by atoms with E-state index in [1.54, 1.807) is 0 Å². The summed E-state index contributed by atoms with van der Waals surface area (Å²) < 4.78 is 45.2. The molecule has 6 nitrogen and oxygen atoms in total. The molecular formula is C17H23F3N2O4S. The summed E-state index contributed by atoms with van der Waals surface area (Å²) in [6.45, 7) is 1.50. The third kappa shape index (κ3) is 5.08. The lowest BCUT2D eigenvalue weighted by Crippen LogP contribution is -2.62. The molecule has 0 saturated carbocycles. The second-order valence-electron chi connectivity index (χ2n) is 6.12. The fourth-order valence-corrected chi connectivity index (χ4v) is 3.70. The molecule has 2 rings (SSSR count). The Labute approximate surface area is 159 Å². The van der Waals surface area contributed by atoms with Gasteiger partial charge >= 0.3 is 0 Å². The molecule has 1 aliphatic heterocycles. The van der Waals surface area contributed by atoms with Gasteiger partial charge in [0.05, 0.1) is 18.3 Å². The second-order valence-corrected chi connectivity index (χ2v) is 7.33. The molecule has 0 radical (unpaired) electrons. The highest BCUT2D eigenvalue weighted by atomic mass is 32.2. The van der Waals surface area contributed by atoms with Crippen molar-refractivity contribution >= 4 is 17.5 Å². The molecule has 1 saturated heterocycles. The van der Waals surface area contributed by atoms with Crippen LogP contribution in [0.25, 0.3) is 5.70 Å². The van der Waals surface area contributed by atoms with E-state index in [2.05, 4.69) is 5.32 Å². The number of aliphatic hydroxyl groups is 3. The van der Waals surface area contributed by atoms with E-state index in [1.807, 2.05) is 6.92 Å². The number of rotatable bonds is 7. The topological polar surface area (TPSA) is 108 Å². The van der Waals surface area contributed by atoms with Crippen molar-refractivity contribution in [2.45, 2.75) is 43.1 Å². The number of hydrogen-bond donors (Lipinski definition) is 5. The van der Waals surface area contributed by atoms with Crippen LogP contribution in [0, 0.1) is 17.5 Å². The van der Waals surface area contributed by atoms with Crippen molar-refractivity contribution in [1.82, 2.24) is 5.32 Å². The molecule has 1 fully saturated rings. The molecule has 5 atom stereocenters. The molecule has 152 valence electrons. The van der Waals surface area contributed by atoms with Crippen molar-refractivity contribution in [1.29, 1.82) is 0 Å². The van der Waals surface area contributed by atoms with E-state index in [9.17, 15) is 28.5 Å². The van der Waals surface area contributed by atoms with Gasteiger partial charge in [-0.2, -0.15) is 0 Å². The minimum atomic E-state index is -1.60. The van der Waals surface area contributed by atoms with Crippen LogP contribution >= 0.6 is 11.8 Å². The quantitative estimate of drug-likeness (QED) is 0.427. The normalized spacial score (nSPS) is 29.0. The Balaban J connectivity index is 2.18. The molecule has 10 heteroatoms. The second kappa shape index (κ2) is 9.65. The first-order chi connectivity index (χ1) is 12.8. The van der Waals surface area contributed by atoms with Crippen molar-refractivity contribution in [3.63, 3.8) is 0 Å². The van der Waals surface area contributed by atoms with Crippen molar-refractivity contribution in [2.75, 3.05) is 12.4 Å². The molecule has 0 aromatic heterocycles. The Bertz CT molecular complexity index is 657. The summed E-state index contributed by atoms with van der Waals surface area (Å²) in [5.41, 5.74) is 4.85. The Kier molecular flexibility index (Phi) is 7.80. The molecule has 6 N–H and O–H groups in total. The van der Waals surface area contributed by atoms with Crippen LogP contribution in [0.4, 0.5) is 13.2 Å². The van der Waals surface area contributed by atoms with E-state index < -0.39 is 53.8 Å². The van der Waals surface area contributed by atoms with Crippen LogP contribution in [0.2, 0.25) is 0 Å². The molecule has 0 bridgehead atoms. The van der Waals surface area contributed by atoms with Crippen LogP contribution in [0.3, 0.4) is 0 Å². The van der Waals surface area contributed by atoms with Gasteiger partial charge in [-0.25, -0.2) is 13.2 Å². The van der Waals surface area contributed by atoms with Crippen molar-refractivity contribution in [3.05, 3.63) is 41.3 Å². The monoisotopic (exact) mass is 408 g/mol. The first-order valence-electron chi connectivity index (χ1n) is 8.40. The maximum absolute atomic E-state index is 13.3. The fourth-order valence-electron chi connectivity index (χ4n) is 2.65. The molecule has 0 spiro atoms. The van der Waals surface area contributed by atoms with E-state index in [-0.39, 0.29) is 11.3 Å². The number of ether oxygens (including phenoxy) is 1. The van der Waals surface area contributed by atoms with E-state index in [0.717, 1.165) is 24.8 Å². The summed E-state index contributed by atoms with van der Waals surface area (Å²) in [5.74, 6) is -3.67. The van der Waals surface area contributed by atoms with Crippen LogP contribution in [0.1, 0.15) is 18.9 Å². The van der Waals surface area contributed by atoms with Gasteiger partial charge in [0.2, 0.25) is 0 Å². The highest BCUT2D eigenvalue weighted by Crippen LogP contribution is 2.29. The molecule has 1 aromatic carbocycles. The summed E-state index contributed by atoms with van der Waals surface area (Å²) in [4.78, 5) is 0. The smallest absolute Gasteiger partial charge is 0.194 e. The average molecular weight is 408 g/mol. The van der Waals surface area contributed by atoms with Crippen LogP contribution in [0.15, 0.2) is 18.3 Å². The van der Waals surface area contributed by atoms with Gasteiger partial charge in [-0.3, -0.25) is 0 Å². The maximum Gasteiger partial charge on any atom is 0.194 e. The van der Waals surface area contributed by atoms with Crippen LogP contribution < -0.4 is 11.1 Å². The zero-order valence-electron chi connectivity index (χ0n) is 14.6. The van der Waals surface area contributed by atoms with Crippen LogP contribution in [-0.2, 0) is 4.74 Å². The first-order valence-corrected chi connectivity index (χ1v) is 9.45. The van der Waals surface area contributed by atoms with Crippen molar-refractivity contribution in [2.24, 2.45) is 5.73 Å². The molecular weight excluding hydrogens is 385 g/mol. The minimum Gasteiger partial charge on any atom is -0.397 e. The van der Waals surface area contributed by atoms with E-state index in [1.165, 1.54) is 11.8 Å².